The van der Waals surface area contributed by atoms with Gasteiger partial charge in [0.05, 0.1) is 6.61 Å². The summed E-state index contributed by atoms with van der Waals surface area (Å²) in [6.07, 6.45) is 0. The Morgan fingerprint density at radius 2 is 2.11 bits per heavy atom. The molecule has 0 aliphatic heterocycles. The number of benzene rings is 1. The van der Waals surface area contributed by atoms with Crippen molar-refractivity contribution in [2.24, 2.45) is 0 Å². The molecule has 2 rings (SSSR count). The molecule has 94 valence electrons. The van der Waals surface area contributed by atoms with Crippen LogP contribution in [0.1, 0.15) is 17.4 Å². The third-order valence-electron chi connectivity index (χ3n) is 2.17. The number of ether oxygens (including phenoxy) is 1. The molecule has 1 N–H and O–H groups in total. The second-order valence-corrected chi connectivity index (χ2v) is 3.40. The lowest BCUT2D eigenvalue weighted by Crippen LogP contribution is -2.01. The van der Waals surface area contributed by atoms with Crippen LogP contribution in [0.5, 0.6) is 5.95 Å². The van der Waals surface area contributed by atoms with Crippen LogP contribution in [0.2, 0.25) is 0 Å². The number of aromatic nitrogens is 1. The van der Waals surface area contributed by atoms with Crippen molar-refractivity contribution in [3.05, 3.63) is 35.8 Å². The molecule has 0 amide bonds. The van der Waals surface area contributed by atoms with Crippen molar-refractivity contribution in [2.75, 3.05) is 6.61 Å². The third kappa shape index (κ3) is 2.32. The Kier molecular flexibility index (Phi) is 3.27. The van der Waals surface area contributed by atoms with Gasteiger partial charge in [-0.2, -0.15) is 4.98 Å². The van der Waals surface area contributed by atoms with Crippen LogP contribution < -0.4 is 4.74 Å². The van der Waals surface area contributed by atoms with E-state index < -0.39 is 11.8 Å². The summed E-state index contributed by atoms with van der Waals surface area (Å²) in [6, 6.07) is 5.37. The zero-order valence-electron chi connectivity index (χ0n) is 9.51. The molecule has 0 atom stereocenters. The van der Waals surface area contributed by atoms with Crippen LogP contribution in [0.3, 0.4) is 0 Å². The van der Waals surface area contributed by atoms with Gasteiger partial charge in [0.25, 0.3) is 0 Å². The van der Waals surface area contributed by atoms with Crippen molar-refractivity contribution in [1.29, 1.82) is 0 Å². The molecule has 1 aromatic heterocycles. The van der Waals surface area contributed by atoms with Crippen molar-refractivity contribution >= 4 is 5.97 Å². The fourth-order valence-corrected chi connectivity index (χ4v) is 1.39. The molecule has 0 unspecified atom stereocenters. The Balaban J connectivity index is 2.42. The number of hydrogen-bond acceptors (Lipinski definition) is 4. The number of carbonyl (C=O) groups is 1. The van der Waals surface area contributed by atoms with Crippen LogP contribution >= 0.6 is 0 Å². The minimum Gasteiger partial charge on any atom is -0.476 e. The molecule has 2 aromatic rings. The Hall–Kier alpha value is -2.37. The van der Waals surface area contributed by atoms with E-state index in [-0.39, 0.29) is 24.1 Å². The fraction of sp³-hybridized carbons (Fsp3) is 0.167. The molecule has 0 fully saturated rings. The highest BCUT2D eigenvalue weighted by atomic mass is 19.1. The highest BCUT2D eigenvalue weighted by molar-refractivity contribution is 5.88. The van der Waals surface area contributed by atoms with Gasteiger partial charge in [-0.1, -0.05) is 0 Å². The van der Waals surface area contributed by atoms with Crippen molar-refractivity contribution in [2.45, 2.75) is 6.92 Å². The van der Waals surface area contributed by atoms with Gasteiger partial charge < -0.3 is 14.3 Å². The van der Waals surface area contributed by atoms with Crippen molar-refractivity contribution in [3.63, 3.8) is 0 Å². The van der Waals surface area contributed by atoms with Gasteiger partial charge in [-0.3, -0.25) is 0 Å². The maximum Gasteiger partial charge on any atom is 0.362 e. The van der Waals surface area contributed by atoms with Gasteiger partial charge in [0.1, 0.15) is 5.82 Å². The first-order valence-electron chi connectivity index (χ1n) is 5.24. The first-order chi connectivity index (χ1) is 8.61. The van der Waals surface area contributed by atoms with E-state index in [1.54, 1.807) is 6.92 Å². The lowest BCUT2D eigenvalue weighted by atomic mass is 10.2. The summed E-state index contributed by atoms with van der Waals surface area (Å²) in [5.74, 6) is -1.70. The van der Waals surface area contributed by atoms with Gasteiger partial charge in [0, 0.05) is 5.56 Å². The van der Waals surface area contributed by atoms with E-state index >= 15 is 0 Å². The zero-order chi connectivity index (χ0) is 13.1. The maximum absolute atomic E-state index is 12.8. The average Bonchev–Trinajstić information content (AvgIpc) is 2.75. The van der Waals surface area contributed by atoms with Crippen LogP contribution in [0.4, 0.5) is 4.39 Å². The summed E-state index contributed by atoms with van der Waals surface area (Å²) in [5.41, 5.74) is 0.182. The molecular weight excluding hydrogens is 241 g/mol. The number of hydrogen-bond donors (Lipinski definition) is 1. The summed E-state index contributed by atoms with van der Waals surface area (Å²) in [6.45, 7) is 1.96. The summed E-state index contributed by atoms with van der Waals surface area (Å²) >= 11 is 0. The number of oxazole rings is 1. The smallest absolute Gasteiger partial charge is 0.362 e. The quantitative estimate of drug-likeness (QED) is 0.904. The standard InChI is InChI=1S/C12H10FNO4/c1-2-17-12-9(11(15)16)14-10(18-12)7-3-5-8(13)6-4-7/h3-6H,2H2,1H3,(H,15,16). The topological polar surface area (TPSA) is 72.6 Å². The lowest BCUT2D eigenvalue weighted by molar-refractivity contribution is 0.0683. The van der Waals surface area contributed by atoms with Crippen LogP contribution in [0.15, 0.2) is 28.7 Å². The van der Waals surface area contributed by atoms with E-state index in [0.29, 0.717) is 5.56 Å². The average molecular weight is 251 g/mol. The molecular formula is C12H10FNO4. The Morgan fingerprint density at radius 1 is 1.44 bits per heavy atom. The first-order valence-corrected chi connectivity index (χ1v) is 5.24. The number of halogens is 1. The monoisotopic (exact) mass is 251 g/mol. The number of carboxylic acid groups (broad SMARTS) is 1. The molecule has 0 spiro atoms. The van der Waals surface area contributed by atoms with Gasteiger partial charge in [-0.25, -0.2) is 9.18 Å². The molecule has 0 aliphatic rings. The normalized spacial score (nSPS) is 10.3. The van der Waals surface area contributed by atoms with Crippen molar-refractivity contribution < 1.29 is 23.4 Å². The Labute approximate surface area is 102 Å². The summed E-state index contributed by atoms with van der Waals surface area (Å²) in [5, 5.41) is 8.93. The largest absolute Gasteiger partial charge is 0.476 e. The van der Waals surface area contributed by atoms with E-state index in [0.717, 1.165) is 0 Å². The first kappa shape index (κ1) is 12.1. The lowest BCUT2D eigenvalue weighted by Gasteiger charge is -1.97. The molecule has 1 heterocycles. The fourth-order valence-electron chi connectivity index (χ4n) is 1.39. The zero-order valence-corrected chi connectivity index (χ0v) is 9.51. The predicted octanol–water partition coefficient (Wildman–Crippen LogP) is 2.58. The molecule has 1 aromatic carbocycles. The van der Waals surface area contributed by atoms with Crippen LogP contribution in [0.25, 0.3) is 11.5 Å². The molecule has 0 saturated carbocycles. The van der Waals surface area contributed by atoms with Gasteiger partial charge in [0.15, 0.2) is 0 Å². The summed E-state index contributed by atoms with van der Waals surface area (Å²) in [7, 11) is 0. The Morgan fingerprint density at radius 3 is 2.67 bits per heavy atom. The number of aromatic carboxylic acids is 1. The van der Waals surface area contributed by atoms with Crippen molar-refractivity contribution in [3.8, 4) is 17.4 Å². The minimum absolute atomic E-state index is 0.0795. The predicted molar refractivity (Wildman–Crippen MR) is 60.0 cm³/mol. The maximum atomic E-state index is 12.8. The van der Waals surface area contributed by atoms with Crippen LogP contribution in [-0.2, 0) is 0 Å². The van der Waals surface area contributed by atoms with Gasteiger partial charge in [0.2, 0.25) is 11.6 Å². The SMILES string of the molecule is CCOc1oc(-c2ccc(F)cc2)nc1C(=O)O. The van der Waals surface area contributed by atoms with E-state index in [2.05, 4.69) is 4.98 Å². The van der Waals surface area contributed by atoms with Gasteiger partial charge in [-0.15, -0.1) is 0 Å². The molecule has 0 radical (unpaired) electrons. The molecule has 5 nitrogen and oxygen atoms in total. The molecule has 0 bridgehead atoms. The third-order valence-corrected chi connectivity index (χ3v) is 2.17. The van der Waals surface area contributed by atoms with E-state index in [1.807, 2.05) is 0 Å². The van der Waals surface area contributed by atoms with Gasteiger partial charge in [-0.05, 0) is 31.2 Å². The summed E-state index contributed by atoms with van der Waals surface area (Å²) < 4.78 is 23.0. The number of rotatable bonds is 4. The molecule has 18 heavy (non-hydrogen) atoms. The minimum atomic E-state index is -1.24. The highest BCUT2D eigenvalue weighted by Crippen LogP contribution is 2.27. The molecule has 0 aliphatic carbocycles. The second-order valence-electron chi connectivity index (χ2n) is 3.40. The highest BCUT2D eigenvalue weighted by Gasteiger charge is 2.21. The number of nitrogens with zero attached hydrogens (tertiary/aromatic N) is 1. The van der Waals surface area contributed by atoms with E-state index in [1.165, 1.54) is 24.3 Å². The van der Waals surface area contributed by atoms with Gasteiger partial charge >= 0.3 is 11.9 Å². The van der Waals surface area contributed by atoms with Crippen LogP contribution in [0, 0.1) is 5.82 Å². The van der Waals surface area contributed by atoms with Crippen molar-refractivity contribution in [1.82, 2.24) is 4.98 Å². The van der Waals surface area contributed by atoms with E-state index in [4.69, 9.17) is 14.3 Å². The van der Waals surface area contributed by atoms with E-state index in [9.17, 15) is 9.18 Å². The second kappa shape index (κ2) is 4.87. The van der Waals surface area contributed by atoms with Crippen LogP contribution in [-0.4, -0.2) is 22.7 Å². The summed E-state index contributed by atoms with van der Waals surface area (Å²) in [4.78, 5) is 14.7. The molecule has 0 saturated heterocycles. The molecule has 6 heteroatoms. The number of carboxylic acids is 1. The Bertz CT molecular complexity index is 562.